The van der Waals surface area contributed by atoms with Gasteiger partial charge in [0.25, 0.3) is 0 Å². The van der Waals surface area contributed by atoms with Crippen LogP contribution in [-0.4, -0.2) is 49.8 Å². The van der Waals surface area contributed by atoms with Crippen LogP contribution >= 0.6 is 0 Å². The van der Waals surface area contributed by atoms with E-state index in [1.807, 2.05) is 42.2 Å². The average molecular weight is 377 g/mol. The van der Waals surface area contributed by atoms with E-state index in [2.05, 4.69) is 33.0 Å². The van der Waals surface area contributed by atoms with Crippen molar-refractivity contribution < 1.29 is 0 Å². The minimum atomic E-state index is 0.336. The Morgan fingerprint density at radius 2 is 1.82 bits per heavy atom. The van der Waals surface area contributed by atoms with E-state index in [0.29, 0.717) is 5.54 Å². The first-order chi connectivity index (χ1) is 13.6. The van der Waals surface area contributed by atoms with E-state index in [1.54, 1.807) is 0 Å². The number of aryl methyl sites for hydroxylation is 2. The summed E-state index contributed by atoms with van der Waals surface area (Å²) in [6.07, 6.45) is 9.12. The molecule has 1 spiro atoms. The predicted molar refractivity (Wildman–Crippen MR) is 111 cm³/mol. The average Bonchev–Trinajstić information content (AvgIpc) is 3.24. The van der Waals surface area contributed by atoms with E-state index in [0.717, 1.165) is 42.2 Å². The van der Waals surface area contributed by atoms with E-state index >= 15 is 0 Å². The molecule has 5 rings (SSSR count). The molecule has 2 aliphatic heterocycles. The van der Waals surface area contributed by atoms with Gasteiger partial charge in [0.15, 0.2) is 0 Å². The van der Waals surface area contributed by atoms with Gasteiger partial charge in [-0.25, -0.2) is 4.98 Å². The number of piperidine rings is 1. The van der Waals surface area contributed by atoms with Gasteiger partial charge < -0.3 is 4.90 Å². The zero-order chi connectivity index (χ0) is 19.1. The van der Waals surface area contributed by atoms with E-state index in [4.69, 9.17) is 4.98 Å². The monoisotopic (exact) mass is 376 g/mol. The highest BCUT2D eigenvalue weighted by Crippen LogP contribution is 2.40. The first kappa shape index (κ1) is 17.6. The van der Waals surface area contributed by atoms with Crippen molar-refractivity contribution in [3.05, 3.63) is 47.9 Å². The van der Waals surface area contributed by atoms with Crippen molar-refractivity contribution in [3.63, 3.8) is 0 Å². The molecule has 0 N–H and O–H groups in total. The van der Waals surface area contributed by atoms with E-state index < -0.39 is 0 Å². The van der Waals surface area contributed by atoms with Crippen LogP contribution in [0, 0.1) is 6.92 Å². The van der Waals surface area contributed by atoms with Crippen LogP contribution in [0.2, 0.25) is 0 Å². The van der Waals surface area contributed by atoms with Crippen molar-refractivity contribution in [2.45, 2.75) is 44.7 Å². The standard InChI is InChI=1S/C22H28N6/c1-17-18(15-26(2)25-17)16-28-11-5-8-22(28)9-12-27(13-10-22)21-14-23-19-6-3-4-7-20(19)24-21/h3-4,6-7,14-15H,5,8-13,16H2,1-2H3. The molecule has 0 bridgehead atoms. The Bertz CT molecular complexity index is 986. The molecule has 0 saturated carbocycles. The SMILES string of the molecule is Cc1nn(C)cc1CN1CCCC12CCN(c1cnc3ccccc3n1)CC2. The summed E-state index contributed by atoms with van der Waals surface area (Å²) in [6, 6.07) is 8.11. The highest BCUT2D eigenvalue weighted by molar-refractivity contribution is 5.75. The molecule has 2 aromatic heterocycles. The first-order valence-corrected chi connectivity index (χ1v) is 10.3. The third-order valence-electron chi connectivity index (χ3n) is 6.67. The van der Waals surface area contributed by atoms with Gasteiger partial charge in [-0.3, -0.25) is 14.6 Å². The Labute approximate surface area is 166 Å². The topological polar surface area (TPSA) is 50.1 Å². The number of benzene rings is 1. The lowest BCUT2D eigenvalue weighted by Gasteiger charge is -2.45. The number of hydrogen-bond donors (Lipinski definition) is 0. The van der Waals surface area contributed by atoms with E-state index in [-0.39, 0.29) is 0 Å². The van der Waals surface area contributed by atoms with Crippen LogP contribution in [0.5, 0.6) is 0 Å². The van der Waals surface area contributed by atoms with Crippen LogP contribution in [-0.2, 0) is 13.6 Å². The Kier molecular flexibility index (Phi) is 4.31. The number of nitrogens with zero attached hydrogens (tertiary/aromatic N) is 6. The molecule has 2 saturated heterocycles. The number of anilines is 1. The number of hydrogen-bond acceptors (Lipinski definition) is 5. The molecule has 0 unspecified atom stereocenters. The summed E-state index contributed by atoms with van der Waals surface area (Å²) in [5.74, 6) is 1.02. The smallest absolute Gasteiger partial charge is 0.147 e. The van der Waals surface area contributed by atoms with Crippen LogP contribution in [0.4, 0.5) is 5.82 Å². The summed E-state index contributed by atoms with van der Waals surface area (Å²) in [5.41, 5.74) is 4.81. The van der Waals surface area contributed by atoms with Crippen LogP contribution in [0.25, 0.3) is 11.0 Å². The number of aromatic nitrogens is 4. The first-order valence-electron chi connectivity index (χ1n) is 10.3. The minimum absolute atomic E-state index is 0.336. The maximum absolute atomic E-state index is 4.85. The van der Waals surface area contributed by atoms with Crippen molar-refractivity contribution in [1.29, 1.82) is 0 Å². The lowest BCUT2D eigenvalue weighted by atomic mass is 9.84. The van der Waals surface area contributed by atoms with Crippen molar-refractivity contribution in [2.24, 2.45) is 7.05 Å². The van der Waals surface area contributed by atoms with Gasteiger partial charge >= 0.3 is 0 Å². The summed E-state index contributed by atoms with van der Waals surface area (Å²) in [7, 11) is 2.01. The second-order valence-corrected chi connectivity index (χ2v) is 8.37. The van der Waals surface area contributed by atoms with Gasteiger partial charge in [-0.2, -0.15) is 5.10 Å². The molecule has 0 aliphatic carbocycles. The van der Waals surface area contributed by atoms with Gasteiger partial charge in [-0.05, 0) is 51.3 Å². The molecule has 6 nitrogen and oxygen atoms in total. The molecule has 6 heteroatoms. The molecular weight excluding hydrogens is 348 g/mol. The van der Waals surface area contributed by atoms with Crippen LogP contribution < -0.4 is 4.90 Å². The molecule has 4 heterocycles. The zero-order valence-electron chi connectivity index (χ0n) is 16.8. The van der Waals surface area contributed by atoms with Gasteiger partial charge in [0.1, 0.15) is 5.82 Å². The fraction of sp³-hybridized carbons (Fsp3) is 0.500. The normalized spacial score (nSPS) is 19.7. The summed E-state index contributed by atoms with van der Waals surface area (Å²) in [5, 5.41) is 4.53. The quantitative estimate of drug-likeness (QED) is 0.702. The van der Waals surface area contributed by atoms with E-state index in [9.17, 15) is 0 Å². The third kappa shape index (κ3) is 3.05. The number of likely N-dealkylation sites (tertiary alicyclic amines) is 1. The van der Waals surface area contributed by atoms with Gasteiger partial charge in [0.05, 0.1) is 22.9 Å². The summed E-state index contributed by atoms with van der Waals surface area (Å²) >= 11 is 0. The Morgan fingerprint density at radius 3 is 2.57 bits per heavy atom. The molecule has 0 amide bonds. The largest absolute Gasteiger partial charge is 0.355 e. The molecule has 1 aromatic carbocycles. The highest BCUT2D eigenvalue weighted by Gasteiger charge is 2.43. The lowest BCUT2D eigenvalue weighted by Crippen LogP contribution is -2.52. The maximum Gasteiger partial charge on any atom is 0.147 e. The highest BCUT2D eigenvalue weighted by atomic mass is 15.3. The maximum atomic E-state index is 4.85. The minimum Gasteiger partial charge on any atom is -0.355 e. The molecule has 3 aromatic rings. The lowest BCUT2D eigenvalue weighted by molar-refractivity contribution is 0.0994. The number of rotatable bonds is 3. The summed E-state index contributed by atoms with van der Waals surface area (Å²) in [6.45, 7) is 6.45. The molecule has 2 fully saturated rings. The molecule has 146 valence electrons. The van der Waals surface area contributed by atoms with Crippen LogP contribution in [0.15, 0.2) is 36.7 Å². The van der Waals surface area contributed by atoms with E-state index in [1.165, 1.54) is 37.8 Å². The van der Waals surface area contributed by atoms with Crippen molar-refractivity contribution in [2.75, 3.05) is 24.5 Å². The second-order valence-electron chi connectivity index (χ2n) is 8.37. The number of para-hydroxylation sites is 2. The Balaban J connectivity index is 1.31. The fourth-order valence-corrected chi connectivity index (χ4v) is 5.07. The Hall–Kier alpha value is -2.47. The van der Waals surface area contributed by atoms with Gasteiger partial charge in [-0.15, -0.1) is 0 Å². The van der Waals surface area contributed by atoms with Crippen molar-refractivity contribution >= 4 is 16.9 Å². The molecule has 2 aliphatic rings. The predicted octanol–water partition coefficient (Wildman–Crippen LogP) is 3.31. The third-order valence-corrected chi connectivity index (χ3v) is 6.67. The zero-order valence-corrected chi connectivity index (χ0v) is 16.8. The van der Waals surface area contributed by atoms with Gasteiger partial charge in [0, 0.05) is 44.0 Å². The second kappa shape index (κ2) is 6.85. The molecule has 28 heavy (non-hydrogen) atoms. The van der Waals surface area contributed by atoms with Crippen LogP contribution in [0.3, 0.4) is 0 Å². The Morgan fingerprint density at radius 1 is 1.04 bits per heavy atom. The summed E-state index contributed by atoms with van der Waals surface area (Å²) in [4.78, 5) is 14.6. The summed E-state index contributed by atoms with van der Waals surface area (Å²) < 4.78 is 1.94. The molecule has 0 radical (unpaired) electrons. The van der Waals surface area contributed by atoms with Crippen molar-refractivity contribution in [3.8, 4) is 0 Å². The fourth-order valence-electron chi connectivity index (χ4n) is 5.07. The van der Waals surface area contributed by atoms with Gasteiger partial charge in [0.2, 0.25) is 0 Å². The molecule has 0 atom stereocenters. The van der Waals surface area contributed by atoms with Crippen molar-refractivity contribution in [1.82, 2.24) is 24.6 Å². The number of fused-ring (bicyclic) bond motifs is 1. The van der Waals surface area contributed by atoms with Gasteiger partial charge in [-0.1, -0.05) is 12.1 Å². The molecular formula is C22H28N6. The van der Waals surface area contributed by atoms with Crippen LogP contribution in [0.1, 0.15) is 36.9 Å².